The molecule has 1 rings (SSSR count). The lowest BCUT2D eigenvalue weighted by atomic mass is 9.92. The second-order valence-corrected chi connectivity index (χ2v) is 4.98. The van der Waals surface area contributed by atoms with Gasteiger partial charge in [0.25, 0.3) is 0 Å². The van der Waals surface area contributed by atoms with E-state index in [1.807, 2.05) is 12.1 Å². The lowest BCUT2D eigenvalue weighted by molar-refractivity contribution is 0.445. The third-order valence-electron chi connectivity index (χ3n) is 3.24. The van der Waals surface area contributed by atoms with Crippen molar-refractivity contribution in [3.05, 3.63) is 28.2 Å². The zero-order valence-electron chi connectivity index (χ0n) is 10.3. The third kappa shape index (κ3) is 3.21. The first-order chi connectivity index (χ1) is 8.10. The van der Waals surface area contributed by atoms with Gasteiger partial charge in [-0.1, -0.05) is 13.8 Å². The molecule has 1 aromatic carbocycles. The Bertz CT molecular complexity index is 411. The largest absolute Gasteiger partial charge is 0.378 e. The van der Waals surface area contributed by atoms with Crippen molar-refractivity contribution in [1.82, 2.24) is 0 Å². The van der Waals surface area contributed by atoms with Crippen LogP contribution in [0.2, 0.25) is 0 Å². The van der Waals surface area contributed by atoms with Crippen molar-refractivity contribution in [2.75, 3.05) is 11.9 Å². The van der Waals surface area contributed by atoms with Gasteiger partial charge < -0.3 is 11.1 Å². The van der Waals surface area contributed by atoms with Gasteiger partial charge in [-0.25, -0.2) is 0 Å². The zero-order chi connectivity index (χ0) is 12.9. The van der Waals surface area contributed by atoms with Gasteiger partial charge in [0.15, 0.2) is 0 Å². The molecule has 3 nitrogen and oxygen atoms in total. The summed E-state index contributed by atoms with van der Waals surface area (Å²) in [7, 11) is 0. The molecule has 0 saturated carbocycles. The topological polar surface area (TPSA) is 61.8 Å². The number of anilines is 1. The Morgan fingerprint density at radius 3 is 2.47 bits per heavy atom. The number of nitrogens with two attached hydrogens (primary N) is 1. The SMILES string of the molecule is CCC(CC)(CN)Nc1ccc(C#N)c(Br)c1. The zero-order valence-corrected chi connectivity index (χ0v) is 11.8. The molecule has 0 saturated heterocycles. The average molecular weight is 296 g/mol. The highest BCUT2D eigenvalue weighted by molar-refractivity contribution is 9.10. The van der Waals surface area contributed by atoms with E-state index in [0.717, 1.165) is 23.0 Å². The van der Waals surface area contributed by atoms with E-state index in [1.54, 1.807) is 6.07 Å². The van der Waals surface area contributed by atoms with Crippen LogP contribution in [0.15, 0.2) is 22.7 Å². The standard InChI is InChI=1S/C13H18BrN3/c1-3-13(4-2,9-16)17-11-6-5-10(8-15)12(14)7-11/h5-7,17H,3-4,9,16H2,1-2H3. The van der Waals surface area contributed by atoms with Gasteiger partial charge in [-0.05, 0) is 47.0 Å². The van der Waals surface area contributed by atoms with Crippen molar-refractivity contribution in [2.24, 2.45) is 5.73 Å². The summed E-state index contributed by atoms with van der Waals surface area (Å²) in [5.74, 6) is 0. The fraction of sp³-hybridized carbons (Fsp3) is 0.462. The third-order valence-corrected chi connectivity index (χ3v) is 3.90. The predicted molar refractivity (Wildman–Crippen MR) is 74.8 cm³/mol. The van der Waals surface area contributed by atoms with Crippen molar-refractivity contribution in [3.8, 4) is 6.07 Å². The number of rotatable bonds is 5. The Labute approximate surface area is 111 Å². The maximum atomic E-state index is 8.86. The quantitative estimate of drug-likeness (QED) is 0.876. The first kappa shape index (κ1) is 14.0. The number of hydrogen-bond acceptors (Lipinski definition) is 3. The van der Waals surface area contributed by atoms with E-state index in [0.29, 0.717) is 12.1 Å². The molecule has 1 aromatic rings. The second kappa shape index (κ2) is 6.04. The number of hydrogen-bond donors (Lipinski definition) is 2. The molecule has 0 heterocycles. The summed E-state index contributed by atoms with van der Waals surface area (Å²) in [6.07, 6.45) is 1.94. The van der Waals surface area contributed by atoms with Crippen LogP contribution >= 0.6 is 15.9 Å². The highest BCUT2D eigenvalue weighted by atomic mass is 79.9. The first-order valence-electron chi connectivity index (χ1n) is 5.78. The van der Waals surface area contributed by atoms with E-state index < -0.39 is 0 Å². The molecular formula is C13H18BrN3. The molecule has 0 radical (unpaired) electrons. The minimum Gasteiger partial charge on any atom is -0.378 e. The van der Waals surface area contributed by atoms with Crippen molar-refractivity contribution in [2.45, 2.75) is 32.2 Å². The summed E-state index contributed by atoms with van der Waals surface area (Å²) < 4.78 is 0.808. The Hall–Kier alpha value is -1.05. The second-order valence-electron chi connectivity index (χ2n) is 4.12. The van der Waals surface area contributed by atoms with E-state index in [2.05, 4.69) is 41.2 Å². The highest BCUT2D eigenvalue weighted by Crippen LogP contribution is 2.25. The van der Waals surface area contributed by atoms with Crippen molar-refractivity contribution < 1.29 is 0 Å². The molecule has 0 aliphatic carbocycles. The van der Waals surface area contributed by atoms with Crippen LogP contribution in [0.1, 0.15) is 32.3 Å². The van der Waals surface area contributed by atoms with Crippen LogP contribution in [0, 0.1) is 11.3 Å². The maximum absolute atomic E-state index is 8.86. The van der Waals surface area contributed by atoms with Gasteiger partial charge in [0.2, 0.25) is 0 Å². The number of nitrogens with one attached hydrogen (secondary N) is 1. The summed E-state index contributed by atoms with van der Waals surface area (Å²) in [5, 5.41) is 12.3. The van der Waals surface area contributed by atoms with E-state index in [1.165, 1.54) is 0 Å². The lowest BCUT2D eigenvalue weighted by Gasteiger charge is -2.32. The molecule has 0 aromatic heterocycles. The van der Waals surface area contributed by atoms with Crippen LogP contribution in [-0.4, -0.2) is 12.1 Å². The molecular weight excluding hydrogens is 278 g/mol. The van der Waals surface area contributed by atoms with Gasteiger partial charge in [-0.2, -0.15) is 5.26 Å². The molecule has 0 bridgehead atoms. The molecule has 0 unspecified atom stereocenters. The van der Waals surface area contributed by atoms with Crippen molar-refractivity contribution in [1.29, 1.82) is 5.26 Å². The molecule has 0 fully saturated rings. The van der Waals surface area contributed by atoms with Gasteiger partial charge in [-0.15, -0.1) is 0 Å². The first-order valence-corrected chi connectivity index (χ1v) is 6.58. The highest BCUT2D eigenvalue weighted by Gasteiger charge is 2.23. The molecule has 0 aliphatic rings. The Balaban J connectivity index is 2.95. The summed E-state index contributed by atoms with van der Waals surface area (Å²) in [6.45, 7) is 4.85. The van der Waals surface area contributed by atoms with Crippen LogP contribution in [-0.2, 0) is 0 Å². The minimum absolute atomic E-state index is 0.0619. The number of benzene rings is 1. The monoisotopic (exact) mass is 295 g/mol. The summed E-state index contributed by atoms with van der Waals surface area (Å²) >= 11 is 3.39. The summed E-state index contributed by atoms with van der Waals surface area (Å²) in [4.78, 5) is 0. The van der Waals surface area contributed by atoms with Crippen LogP contribution in [0.3, 0.4) is 0 Å². The van der Waals surface area contributed by atoms with E-state index in [4.69, 9.17) is 11.0 Å². The van der Waals surface area contributed by atoms with Crippen LogP contribution < -0.4 is 11.1 Å². The Kier molecular flexibility index (Phi) is 4.98. The number of nitriles is 1. The molecule has 0 spiro atoms. The summed E-state index contributed by atoms with van der Waals surface area (Å²) in [6, 6.07) is 7.77. The molecule has 0 amide bonds. The molecule has 0 aliphatic heterocycles. The number of halogens is 1. The molecule has 4 heteroatoms. The predicted octanol–water partition coefficient (Wildman–Crippen LogP) is 3.25. The van der Waals surface area contributed by atoms with E-state index in [9.17, 15) is 0 Å². The molecule has 3 N–H and O–H groups in total. The van der Waals surface area contributed by atoms with Crippen molar-refractivity contribution >= 4 is 21.6 Å². The minimum atomic E-state index is -0.0619. The van der Waals surface area contributed by atoms with Gasteiger partial charge in [0.05, 0.1) is 5.56 Å². The van der Waals surface area contributed by atoms with Gasteiger partial charge >= 0.3 is 0 Å². The lowest BCUT2D eigenvalue weighted by Crippen LogP contribution is -2.44. The van der Waals surface area contributed by atoms with Gasteiger partial charge in [0, 0.05) is 22.2 Å². The molecule has 0 atom stereocenters. The molecule has 17 heavy (non-hydrogen) atoms. The molecule has 92 valence electrons. The Morgan fingerprint density at radius 2 is 2.06 bits per heavy atom. The van der Waals surface area contributed by atoms with E-state index >= 15 is 0 Å². The van der Waals surface area contributed by atoms with Crippen LogP contribution in [0.5, 0.6) is 0 Å². The number of nitrogens with zero attached hydrogens (tertiary/aromatic N) is 1. The van der Waals surface area contributed by atoms with Crippen LogP contribution in [0.25, 0.3) is 0 Å². The van der Waals surface area contributed by atoms with Gasteiger partial charge in [-0.3, -0.25) is 0 Å². The maximum Gasteiger partial charge on any atom is 0.100 e. The fourth-order valence-electron chi connectivity index (χ4n) is 1.76. The normalized spacial score (nSPS) is 11.0. The average Bonchev–Trinajstić information content (AvgIpc) is 2.36. The Morgan fingerprint density at radius 1 is 1.41 bits per heavy atom. The smallest absolute Gasteiger partial charge is 0.100 e. The van der Waals surface area contributed by atoms with E-state index in [-0.39, 0.29) is 5.54 Å². The van der Waals surface area contributed by atoms with Crippen molar-refractivity contribution in [3.63, 3.8) is 0 Å². The fourth-order valence-corrected chi connectivity index (χ4v) is 2.22. The van der Waals surface area contributed by atoms with Gasteiger partial charge in [0.1, 0.15) is 6.07 Å². The summed E-state index contributed by atoms with van der Waals surface area (Å²) in [5.41, 5.74) is 7.41. The van der Waals surface area contributed by atoms with Crippen LogP contribution in [0.4, 0.5) is 5.69 Å².